The van der Waals surface area contributed by atoms with Gasteiger partial charge in [0.15, 0.2) is 10.8 Å². The van der Waals surface area contributed by atoms with Crippen LogP contribution in [0.3, 0.4) is 0 Å². The molecule has 0 aromatic heterocycles. The van der Waals surface area contributed by atoms with Crippen LogP contribution in [0.15, 0.2) is 24.3 Å². The Morgan fingerprint density at radius 1 is 1.50 bits per heavy atom. The summed E-state index contributed by atoms with van der Waals surface area (Å²) in [4.78, 5) is 2.15. The molecule has 2 atom stereocenters. The molecule has 1 aromatic rings. The highest BCUT2D eigenvalue weighted by Gasteiger charge is 2.47. The zero-order valence-corrected chi connectivity index (χ0v) is 12.7. The van der Waals surface area contributed by atoms with Crippen molar-refractivity contribution >= 4 is 17.3 Å². The highest BCUT2D eigenvalue weighted by Crippen LogP contribution is 2.43. The molecule has 1 N–H and O–H groups in total. The number of nitrogens with one attached hydrogen (secondary N) is 1. The van der Waals surface area contributed by atoms with Gasteiger partial charge in [-0.2, -0.15) is 0 Å². The molecule has 108 valence electrons. The lowest BCUT2D eigenvalue weighted by Crippen LogP contribution is -2.64. The minimum absolute atomic E-state index is 0.246. The Morgan fingerprint density at radius 2 is 2.30 bits per heavy atom. The molecule has 0 saturated carbocycles. The maximum absolute atomic E-state index is 6.26. The predicted molar refractivity (Wildman–Crippen MR) is 81.8 cm³/mol. The van der Waals surface area contributed by atoms with E-state index in [0.717, 1.165) is 36.9 Å². The van der Waals surface area contributed by atoms with Gasteiger partial charge >= 0.3 is 0 Å². The van der Waals surface area contributed by atoms with Crippen LogP contribution in [0, 0.1) is 0 Å². The van der Waals surface area contributed by atoms with E-state index in [1.807, 2.05) is 18.2 Å². The van der Waals surface area contributed by atoms with E-state index in [1.54, 1.807) is 7.11 Å². The van der Waals surface area contributed by atoms with Crippen molar-refractivity contribution in [1.82, 2.24) is 10.2 Å². The van der Waals surface area contributed by atoms with Gasteiger partial charge in [-0.3, -0.25) is 0 Å². The Balaban J connectivity index is 1.86. The van der Waals surface area contributed by atoms with Crippen molar-refractivity contribution in [2.24, 2.45) is 0 Å². The molecule has 1 saturated heterocycles. The van der Waals surface area contributed by atoms with Crippen molar-refractivity contribution in [3.63, 3.8) is 0 Å². The fraction of sp³-hybridized carbons (Fsp3) is 0.533. The van der Waals surface area contributed by atoms with Crippen LogP contribution in [0.1, 0.15) is 31.4 Å². The van der Waals surface area contributed by atoms with Crippen LogP contribution in [0.2, 0.25) is 0 Å². The fourth-order valence-electron chi connectivity index (χ4n) is 3.07. The molecule has 20 heavy (non-hydrogen) atoms. The minimum Gasteiger partial charge on any atom is -0.468 e. The second-order valence-corrected chi connectivity index (χ2v) is 5.91. The first-order valence-electron chi connectivity index (χ1n) is 6.99. The van der Waals surface area contributed by atoms with Gasteiger partial charge in [0.2, 0.25) is 0 Å². The molecule has 2 aliphatic heterocycles. The Bertz CT molecular complexity index is 522. The van der Waals surface area contributed by atoms with Crippen LogP contribution in [0.4, 0.5) is 0 Å². The summed E-state index contributed by atoms with van der Waals surface area (Å²) in [6.07, 6.45) is 1.83. The minimum atomic E-state index is -0.366. The summed E-state index contributed by atoms with van der Waals surface area (Å²) in [6.45, 7) is 3.69. The molecule has 0 amide bonds. The predicted octanol–water partition coefficient (Wildman–Crippen LogP) is 2.45. The SMILES string of the molecule is COCCCN1C(=S)N[C@H]2C[C@@]1(C)Oc1ccccc12. The van der Waals surface area contributed by atoms with Crippen molar-refractivity contribution in [1.29, 1.82) is 0 Å². The lowest BCUT2D eigenvalue weighted by atomic mass is 9.90. The maximum atomic E-state index is 6.26. The molecule has 3 rings (SSSR count). The van der Waals surface area contributed by atoms with E-state index < -0.39 is 0 Å². The zero-order chi connectivity index (χ0) is 14.2. The first kappa shape index (κ1) is 13.6. The monoisotopic (exact) mass is 292 g/mol. The summed E-state index contributed by atoms with van der Waals surface area (Å²) >= 11 is 5.53. The smallest absolute Gasteiger partial charge is 0.184 e. The van der Waals surface area contributed by atoms with E-state index >= 15 is 0 Å². The molecule has 2 bridgehead atoms. The van der Waals surface area contributed by atoms with Crippen LogP contribution < -0.4 is 10.1 Å². The zero-order valence-electron chi connectivity index (χ0n) is 11.9. The summed E-state index contributed by atoms with van der Waals surface area (Å²) in [7, 11) is 1.72. The van der Waals surface area contributed by atoms with E-state index in [9.17, 15) is 0 Å². The van der Waals surface area contributed by atoms with Gasteiger partial charge in [0, 0.05) is 32.2 Å². The highest BCUT2D eigenvalue weighted by molar-refractivity contribution is 7.80. The summed E-state index contributed by atoms with van der Waals surface area (Å²) < 4.78 is 11.4. The third-order valence-corrected chi connectivity index (χ3v) is 4.39. The van der Waals surface area contributed by atoms with E-state index in [-0.39, 0.29) is 11.8 Å². The largest absolute Gasteiger partial charge is 0.468 e. The van der Waals surface area contributed by atoms with E-state index in [2.05, 4.69) is 23.2 Å². The second-order valence-electron chi connectivity index (χ2n) is 5.52. The molecule has 1 aromatic carbocycles. The van der Waals surface area contributed by atoms with Crippen molar-refractivity contribution < 1.29 is 9.47 Å². The highest BCUT2D eigenvalue weighted by atomic mass is 32.1. The molecule has 0 radical (unpaired) electrons. The number of thiocarbonyl (C=S) groups is 1. The number of nitrogens with zero attached hydrogens (tertiary/aromatic N) is 1. The van der Waals surface area contributed by atoms with Crippen LogP contribution in [0.25, 0.3) is 0 Å². The van der Waals surface area contributed by atoms with Crippen molar-refractivity contribution in [3.8, 4) is 5.75 Å². The van der Waals surface area contributed by atoms with Crippen LogP contribution in [-0.4, -0.2) is 36.0 Å². The number of ether oxygens (including phenoxy) is 2. The first-order valence-corrected chi connectivity index (χ1v) is 7.40. The van der Waals surface area contributed by atoms with Crippen molar-refractivity contribution in [2.75, 3.05) is 20.3 Å². The average molecular weight is 292 g/mol. The van der Waals surface area contributed by atoms with Crippen molar-refractivity contribution in [3.05, 3.63) is 29.8 Å². The topological polar surface area (TPSA) is 33.7 Å². The first-order chi connectivity index (χ1) is 9.64. The third kappa shape index (κ3) is 2.25. The number of methoxy groups -OCH3 is 1. The number of rotatable bonds is 4. The van der Waals surface area contributed by atoms with Crippen LogP contribution in [-0.2, 0) is 4.74 Å². The van der Waals surface area contributed by atoms with Gasteiger partial charge in [-0.15, -0.1) is 0 Å². The molecule has 1 fully saturated rings. The van der Waals surface area contributed by atoms with Gasteiger partial charge in [-0.25, -0.2) is 0 Å². The maximum Gasteiger partial charge on any atom is 0.184 e. The quantitative estimate of drug-likeness (QED) is 0.681. The lowest BCUT2D eigenvalue weighted by Gasteiger charge is -2.52. The molecule has 0 spiro atoms. The average Bonchev–Trinajstić information content (AvgIpc) is 2.42. The second kappa shape index (κ2) is 5.22. The van der Waals surface area contributed by atoms with Gasteiger partial charge in [0.1, 0.15) is 5.75 Å². The van der Waals surface area contributed by atoms with E-state index in [1.165, 1.54) is 5.56 Å². The Hall–Kier alpha value is -1.33. The summed E-state index contributed by atoms with van der Waals surface area (Å²) in [5.41, 5.74) is 0.832. The molecule has 2 heterocycles. The van der Waals surface area contributed by atoms with Crippen LogP contribution in [0.5, 0.6) is 5.75 Å². The van der Waals surface area contributed by atoms with Gasteiger partial charge in [0.05, 0.1) is 6.04 Å². The van der Waals surface area contributed by atoms with Gasteiger partial charge < -0.3 is 19.7 Å². The van der Waals surface area contributed by atoms with Gasteiger partial charge in [-0.1, -0.05) is 18.2 Å². The van der Waals surface area contributed by atoms with Gasteiger partial charge in [0.25, 0.3) is 0 Å². The molecule has 4 nitrogen and oxygen atoms in total. The molecule has 5 heteroatoms. The van der Waals surface area contributed by atoms with Gasteiger partial charge in [-0.05, 0) is 31.6 Å². The third-order valence-electron chi connectivity index (χ3n) is 4.05. The molecular weight excluding hydrogens is 272 g/mol. The molecule has 2 aliphatic rings. The Kier molecular flexibility index (Phi) is 3.56. The Morgan fingerprint density at radius 3 is 3.10 bits per heavy atom. The van der Waals surface area contributed by atoms with E-state index in [4.69, 9.17) is 21.7 Å². The van der Waals surface area contributed by atoms with Crippen LogP contribution >= 0.6 is 12.2 Å². The number of fused-ring (bicyclic) bond motifs is 4. The molecule has 0 aliphatic carbocycles. The fourth-order valence-corrected chi connectivity index (χ4v) is 3.50. The summed E-state index contributed by atoms with van der Waals surface area (Å²) in [5, 5.41) is 4.22. The van der Waals surface area contributed by atoms with Crippen molar-refractivity contribution in [2.45, 2.75) is 31.5 Å². The number of para-hydroxylation sites is 1. The van der Waals surface area contributed by atoms with E-state index in [0.29, 0.717) is 0 Å². The standard InChI is InChI=1S/C15H20N2O2S/c1-15-10-12(11-6-3-4-7-13(11)19-15)16-14(20)17(15)8-5-9-18-2/h3-4,6-7,12H,5,8-10H2,1-2H3,(H,16,20)/t12-,15+/m0/s1. The number of benzene rings is 1. The normalized spacial score (nSPS) is 27.6. The summed E-state index contributed by atoms with van der Waals surface area (Å²) in [6, 6.07) is 8.44. The molecular formula is C15H20N2O2S. The molecule has 0 unspecified atom stereocenters. The number of hydrogen-bond donors (Lipinski definition) is 1. The number of hydrogen-bond acceptors (Lipinski definition) is 3. The Labute approximate surface area is 125 Å². The lowest BCUT2D eigenvalue weighted by molar-refractivity contribution is -0.0698. The summed E-state index contributed by atoms with van der Waals surface area (Å²) in [5.74, 6) is 0.956.